The highest BCUT2D eigenvalue weighted by Crippen LogP contribution is 2.28. The molecule has 1 unspecified atom stereocenters. The third kappa shape index (κ3) is 3.19. The van der Waals surface area contributed by atoms with Gasteiger partial charge in [-0.15, -0.1) is 0 Å². The molecule has 2 rings (SSSR count). The SMILES string of the molecule is CC(O)(Cc1cccc(F)c1F)c1ccc(Br)cc1. The van der Waals surface area contributed by atoms with Crippen LogP contribution in [0.3, 0.4) is 0 Å². The molecule has 0 saturated carbocycles. The summed E-state index contributed by atoms with van der Waals surface area (Å²) in [5.74, 6) is -1.80. The van der Waals surface area contributed by atoms with Crippen LogP contribution in [0.5, 0.6) is 0 Å². The number of hydrogen-bond donors (Lipinski definition) is 1. The maximum absolute atomic E-state index is 13.6. The third-order valence-electron chi connectivity index (χ3n) is 3.03. The van der Waals surface area contributed by atoms with Gasteiger partial charge in [-0.05, 0) is 36.2 Å². The van der Waals surface area contributed by atoms with E-state index in [1.54, 1.807) is 31.2 Å². The van der Waals surface area contributed by atoms with Gasteiger partial charge in [-0.25, -0.2) is 8.78 Å². The van der Waals surface area contributed by atoms with Crippen molar-refractivity contribution in [1.29, 1.82) is 0 Å². The second-order valence-corrected chi connectivity index (χ2v) is 5.59. The van der Waals surface area contributed by atoms with Gasteiger partial charge in [0.2, 0.25) is 0 Å². The zero-order valence-electron chi connectivity index (χ0n) is 10.3. The Balaban J connectivity index is 2.30. The van der Waals surface area contributed by atoms with Gasteiger partial charge in [-0.2, -0.15) is 0 Å². The van der Waals surface area contributed by atoms with Crippen LogP contribution in [-0.4, -0.2) is 5.11 Å². The van der Waals surface area contributed by atoms with E-state index in [2.05, 4.69) is 15.9 Å². The summed E-state index contributed by atoms with van der Waals surface area (Å²) in [5, 5.41) is 10.4. The van der Waals surface area contributed by atoms with Crippen molar-refractivity contribution in [3.63, 3.8) is 0 Å². The molecule has 2 aromatic rings. The lowest BCUT2D eigenvalue weighted by Gasteiger charge is -2.24. The largest absolute Gasteiger partial charge is 0.385 e. The van der Waals surface area contributed by atoms with Crippen molar-refractivity contribution in [3.8, 4) is 0 Å². The highest BCUT2D eigenvalue weighted by molar-refractivity contribution is 9.10. The Morgan fingerprint density at radius 3 is 2.37 bits per heavy atom. The molecule has 19 heavy (non-hydrogen) atoms. The van der Waals surface area contributed by atoms with Crippen LogP contribution in [0.2, 0.25) is 0 Å². The van der Waals surface area contributed by atoms with Gasteiger partial charge >= 0.3 is 0 Å². The summed E-state index contributed by atoms with van der Waals surface area (Å²) in [6.07, 6.45) is 0.0121. The highest BCUT2D eigenvalue weighted by atomic mass is 79.9. The number of aliphatic hydroxyl groups is 1. The topological polar surface area (TPSA) is 20.2 Å². The zero-order chi connectivity index (χ0) is 14.0. The van der Waals surface area contributed by atoms with Crippen molar-refractivity contribution < 1.29 is 13.9 Å². The number of halogens is 3. The predicted octanol–water partition coefficient (Wildman–Crippen LogP) is 4.18. The fourth-order valence-corrected chi connectivity index (χ4v) is 2.23. The number of hydrogen-bond acceptors (Lipinski definition) is 1. The molecule has 0 aromatic heterocycles. The molecule has 0 aliphatic rings. The Morgan fingerprint density at radius 1 is 1.11 bits per heavy atom. The molecule has 0 radical (unpaired) electrons. The molecule has 0 aliphatic heterocycles. The maximum Gasteiger partial charge on any atom is 0.162 e. The first-order chi connectivity index (χ1) is 8.90. The van der Waals surface area contributed by atoms with Crippen LogP contribution in [0.1, 0.15) is 18.1 Å². The van der Waals surface area contributed by atoms with Gasteiger partial charge < -0.3 is 5.11 Å². The van der Waals surface area contributed by atoms with E-state index in [1.807, 2.05) is 0 Å². The Morgan fingerprint density at radius 2 is 1.74 bits per heavy atom. The summed E-state index contributed by atoms with van der Waals surface area (Å²) < 4.78 is 27.7. The van der Waals surface area contributed by atoms with E-state index < -0.39 is 17.2 Å². The second kappa shape index (κ2) is 5.39. The molecule has 1 nitrogen and oxygen atoms in total. The van der Waals surface area contributed by atoms with Crippen LogP contribution in [0.25, 0.3) is 0 Å². The fourth-order valence-electron chi connectivity index (χ4n) is 1.97. The summed E-state index contributed by atoms with van der Waals surface area (Å²) in [6.45, 7) is 1.58. The van der Waals surface area contributed by atoms with Gasteiger partial charge in [-0.3, -0.25) is 0 Å². The summed E-state index contributed by atoms with van der Waals surface area (Å²) in [6, 6.07) is 11.1. The Hall–Kier alpha value is -1.26. The monoisotopic (exact) mass is 326 g/mol. The van der Waals surface area contributed by atoms with Crippen LogP contribution in [0.4, 0.5) is 8.78 Å². The van der Waals surface area contributed by atoms with Gasteiger partial charge in [0.1, 0.15) is 0 Å². The predicted molar refractivity (Wildman–Crippen MR) is 73.8 cm³/mol. The van der Waals surface area contributed by atoms with Crippen LogP contribution in [0.15, 0.2) is 46.9 Å². The normalized spacial score (nSPS) is 14.2. The fraction of sp³-hybridized carbons (Fsp3) is 0.200. The van der Waals surface area contributed by atoms with Crippen LogP contribution in [-0.2, 0) is 12.0 Å². The standard InChI is InChI=1S/C15H13BrF2O/c1-15(19,11-5-7-12(16)8-6-11)9-10-3-2-4-13(17)14(10)18/h2-8,19H,9H2,1H3. The number of rotatable bonds is 3. The summed E-state index contributed by atoms with van der Waals surface area (Å²) in [5.41, 5.74) is -0.442. The minimum atomic E-state index is -1.25. The van der Waals surface area contributed by atoms with E-state index in [0.29, 0.717) is 5.56 Å². The molecule has 0 amide bonds. The van der Waals surface area contributed by atoms with E-state index in [9.17, 15) is 13.9 Å². The summed E-state index contributed by atoms with van der Waals surface area (Å²) in [7, 11) is 0. The van der Waals surface area contributed by atoms with Gasteiger partial charge in [0.15, 0.2) is 11.6 Å². The lowest BCUT2D eigenvalue weighted by atomic mass is 9.89. The average molecular weight is 327 g/mol. The molecule has 2 aromatic carbocycles. The zero-order valence-corrected chi connectivity index (χ0v) is 11.9. The molecular formula is C15H13BrF2O. The second-order valence-electron chi connectivity index (χ2n) is 4.67. The minimum Gasteiger partial charge on any atom is -0.385 e. The van der Waals surface area contributed by atoms with Gasteiger partial charge in [0.05, 0.1) is 5.60 Å². The Bertz CT molecular complexity index is 579. The smallest absolute Gasteiger partial charge is 0.162 e. The maximum atomic E-state index is 13.6. The van der Waals surface area contributed by atoms with E-state index in [-0.39, 0.29) is 12.0 Å². The van der Waals surface area contributed by atoms with E-state index >= 15 is 0 Å². The van der Waals surface area contributed by atoms with Crippen molar-refractivity contribution in [2.24, 2.45) is 0 Å². The highest BCUT2D eigenvalue weighted by Gasteiger charge is 2.25. The average Bonchev–Trinajstić information content (AvgIpc) is 2.35. The van der Waals surface area contributed by atoms with Crippen molar-refractivity contribution >= 4 is 15.9 Å². The quantitative estimate of drug-likeness (QED) is 0.897. The first kappa shape index (κ1) is 14.2. The van der Waals surface area contributed by atoms with Crippen LogP contribution < -0.4 is 0 Å². The Kier molecular flexibility index (Phi) is 4.02. The molecular weight excluding hydrogens is 314 g/mol. The van der Waals surface area contributed by atoms with Crippen molar-refractivity contribution in [1.82, 2.24) is 0 Å². The molecule has 0 heterocycles. The molecule has 4 heteroatoms. The van der Waals surface area contributed by atoms with E-state index in [0.717, 1.165) is 10.5 Å². The van der Waals surface area contributed by atoms with Crippen molar-refractivity contribution in [2.45, 2.75) is 18.9 Å². The van der Waals surface area contributed by atoms with Crippen LogP contribution in [0, 0.1) is 11.6 Å². The molecule has 0 spiro atoms. The number of benzene rings is 2. The first-order valence-electron chi connectivity index (χ1n) is 5.81. The molecule has 0 aliphatic carbocycles. The van der Waals surface area contributed by atoms with E-state index in [1.165, 1.54) is 12.1 Å². The summed E-state index contributed by atoms with van der Waals surface area (Å²) >= 11 is 3.31. The van der Waals surface area contributed by atoms with Crippen LogP contribution >= 0.6 is 15.9 Å². The molecule has 100 valence electrons. The minimum absolute atomic E-state index is 0.0121. The van der Waals surface area contributed by atoms with Crippen molar-refractivity contribution in [3.05, 3.63) is 69.7 Å². The van der Waals surface area contributed by atoms with E-state index in [4.69, 9.17) is 0 Å². The summed E-state index contributed by atoms with van der Waals surface area (Å²) in [4.78, 5) is 0. The van der Waals surface area contributed by atoms with Gasteiger partial charge in [-0.1, -0.05) is 40.2 Å². The molecule has 0 saturated heterocycles. The molecule has 0 fully saturated rings. The lowest BCUT2D eigenvalue weighted by molar-refractivity contribution is 0.0565. The molecule has 1 atom stereocenters. The molecule has 0 bridgehead atoms. The van der Waals surface area contributed by atoms with Gasteiger partial charge in [0.25, 0.3) is 0 Å². The van der Waals surface area contributed by atoms with Crippen molar-refractivity contribution in [2.75, 3.05) is 0 Å². The molecule has 1 N–H and O–H groups in total. The first-order valence-corrected chi connectivity index (χ1v) is 6.61. The Labute approximate surface area is 119 Å². The third-order valence-corrected chi connectivity index (χ3v) is 3.56. The van der Waals surface area contributed by atoms with Gasteiger partial charge in [0, 0.05) is 10.9 Å². The lowest BCUT2D eigenvalue weighted by Crippen LogP contribution is -2.25.